The first-order chi connectivity index (χ1) is 11.7. The fraction of sp³-hybridized carbons (Fsp3) is 0.0625. The maximum atomic E-state index is 12.3. The van der Waals surface area contributed by atoms with E-state index in [1.165, 1.54) is 22.7 Å². The molecule has 0 atom stereocenters. The third-order valence-corrected chi connectivity index (χ3v) is 5.15. The highest BCUT2D eigenvalue weighted by Gasteiger charge is 2.15. The molecule has 0 bridgehead atoms. The Bertz CT molecular complexity index is 1000. The van der Waals surface area contributed by atoms with Crippen molar-refractivity contribution in [3.8, 4) is 16.3 Å². The summed E-state index contributed by atoms with van der Waals surface area (Å²) in [4.78, 5) is 21.1. The summed E-state index contributed by atoms with van der Waals surface area (Å²) in [7, 11) is 1.62. The largest absolute Gasteiger partial charge is 0.497 e. The molecule has 0 saturated heterocycles. The summed E-state index contributed by atoms with van der Waals surface area (Å²) in [5, 5.41) is 5.78. The van der Waals surface area contributed by atoms with Crippen LogP contribution in [0.1, 0.15) is 10.5 Å². The Labute approximate surface area is 144 Å². The van der Waals surface area contributed by atoms with E-state index >= 15 is 0 Å². The lowest BCUT2D eigenvalue weighted by Gasteiger charge is -1.96. The summed E-state index contributed by atoms with van der Waals surface area (Å²) in [5.41, 5.74) is 2.02. The summed E-state index contributed by atoms with van der Waals surface area (Å²) >= 11 is 2.78. The molecule has 4 rings (SSSR count). The van der Waals surface area contributed by atoms with E-state index in [1.54, 1.807) is 31.1 Å². The molecule has 8 heteroatoms. The number of methoxy groups -OCH3 is 1. The van der Waals surface area contributed by atoms with Crippen LogP contribution in [0.4, 0.5) is 5.13 Å². The van der Waals surface area contributed by atoms with Gasteiger partial charge in [-0.15, -0.1) is 11.3 Å². The third-order valence-electron chi connectivity index (χ3n) is 3.32. The van der Waals surface area contributed by atoms with Gasteiger partial charge < -0.3 is 9.15 Å². The zero-order valence-electron chi connectivity index (χ0n) is 12.5. The summed E-state index contributed by atoms with van der Waals surface area (Å²) < 4.78 is 11.2. The van der Waals surface area contributed by atoms with Crippen molar-refractivity contribution in [1.82, 2.24) is 9.97 Å². The van der Waals surface area contributed by atoms with Crippen LogP contribution in [-0.2, 0) is 0 Å². The zero-order chi connectivity index (χ0) is 16.5. The van der Waals surface area contributed by atoms with E-state index in [0.29, 0.717) is 10.8 Å². The number of anilines is 1. The number of hydrogen-bond donors (Lipinski definition) is 1. The Morgan fingerprint density at radius 3 is 3.00 bits per heavy atom. The first-order valence-corrected chi connectivity index (χ1v) is 8.66. The molecule has 0 saturated carbocycles. The number of hydrogen-bond acceptors (Lipinski definition) is 7. The van der Waals surface area contributed by atoms with Crippen LogP contribution in [0.25, 0.3) is 20.8 Å². The van der Waals surface area contributed by atoms with Crippen molar-refractivity contribution in [3.05, 3.63) is 47.9 Å². The van der Waals surface area contributed by atoms with Gasteiger partial charge in [0.2, 0.25) is 0 Å². The molecule has 24 heavy (non-hydrogen) atoms. The van der Waals surface area contributed by atoms with Gasteiger partial charge in [0.05, 0.1) is 23.6 Å². The second-order valence-electron chi connectivity index (χ2n) is 4.86. The minimum Gasteiger partial charge on any atom is -0.497 e. The summed E-state index contributed by atoms with van der Waals surface area (Å²) in [6.45, 7) is 0. The maximum absolute atomic E-state index is 12.3. The molecular formula is C16H11N3O3S2. The van der Waals surface area contributed by atoms with E-state index in [1.807, 2.05) is 18.2 Å². The SMILES string of the molecule is COc1ccc2nc(NC(=O)c3csc(-c4ccoc4)n3)sc2c1. The van der Waals surface area contributed by atoms with Gasteiger partial charge in [-0.3, -0.25) is 10.1 Å². The highest BCUT2D eigenvalue weighted by molar-refractivity contribution is 7.22. The Kier molecular flexibility index (Phi) is 3.75. The monoisotopic (exact) mass is 357 g/mol. The number of amides is 1. The van der Waals surface area contributed by atoms with Crippen molar-refractivity contribution in [2.24, 2.45) is 0 Å². The number of fused-ring (bicyclic) bond motifs is 1. The normalized spacial score (nSPS) is 10.9. The third kappa shape index (κ3) is 2.77. The Morgan fingerprint density at radius 2 is 2.21 bits per heavy atom. The first kappa shape index (κ1) is 14.9. The lowest BCUT2D eigenvalue weighted by Crippen LogP contribution is -2.11. The van der Waals surface area contributed by atoms with E-state index in [-0.39, 0.29) is 5.91 Å². The molecule has 1 aromatic carbocycles. The van der Waals surface area contributed by atoms with E-state index in [2.05, 4.69) is 15.3 Å². The van der Waals surface area contributed by atoms with Gasteiger partial charge in [-0.1, -0.05) is 11.3 Å². The average molecular weight is 357 g/mol. The molecule has 0 aliphatic heterocycles. The molecule has 0 radical (unpaired) electrons. The van der Waals surface area contributed by atoms with Crippen LogP contribution in [0.2, 0.25) is 0 Å². The number of furan rings is 1. The van der Waals surface area contributed by atoms with Crippen LogP contribution in [0, 0.1) is 0 Å². The highest BCUT2D eigenvalue weighted by Crippen LogP contribution is 2.30. The number of benzene rings is 1. The molecule has 1 N–H and O–H groups in total. The Morgan fingerprint density at radius 1 is 1.29 bits per heavy atom. The topological polar surface area (TPSA) is 77.2 Å². The van der Waals surface area contributed by atoms with Crippen LogP contribution in [0.3, 0.4) is 0 Å². The molecule has 0 spiro atoms. The van der Waals surface area contributed by atoms with Crippen molar-refractivity contribution in [2.45, 2.75) is 0 Å². The molecule has 3 aromatic heterocycles. The fourth-order valence-corrected chi connectivity index (χ4v) is 3.82. The van der Waals surface area contributed by atoms with E-state index in [0.717, 1.165) is 26.5 Å². The van der Waals surface area contributed by atoms with Crippen molar-refractivity contribution < 1.29 is 13.9 Å². The Hall–Kier alpha value is -2.71. The second kappa shape index (κ2) is 6.06. The number of ether oxygens (including phenoxy) is 1. The number of nitrogens with zero attached hydrogens (tertiary/aromatic N) is 2. The number of carbonyl (C=O) groups excluding carboxylic acids is 1. The average Bonchev–Trinajstić information content (AvgIpc) is 3.32. The predicted octanol–water partition coefficient (Wildman–Crippen LogP) is 4.27. The predicted molar refractivity (Wildman–Crippen MR) is 93.9 cm³/mol. The van der Waals surface area contributed by atoms with Gasteiger partial charge >= 0.3 is 0 Å². The smallest absolute Gasteiger partial charge is 0.276 e. The van der Waals surface area contributed by atoms with Crippen molar-refractivity contribution >= 4 is 43.9 Å². The molecule has 120 valence electrons. The lowest BCUT2D eigenvalue weighted by molar-refractivity contribution is 0.102. The van der Waals surface area contributed by atoms with Crippen LogP contribution in [-0.4, -0.2) is 23.0 Å². The molecule has 6 nitrogen and oxygen atoms in total. The van der Waals surface area contributed by atoms with Gasteiger partial charge in [-0.05, 0) is 24.3 Å². The maximum Gasteiger partial charge on any atom is 0.276 e. The van der Waals surface area contributed by atoms with Gasteiger partial charge in [0.15, 0.2) is 5.13 Å². The second-order valence-corrected chi connectivity index (χ2v) is 6.75. The number of thiazole rings is 2. The summed E-state index contributed by atoms with van der Waals surface area (Å²) in [5.74, 6) is 0.472. The molecule has 0 aliphatic rings. The number of nitrogens with one attached hydrogen (secondary N) is 1. The number of aromatic nitrogens is 2. The van der Waals surface area contributed by atoms with E-state index in [9.17, 15) is 4.79 Å². The molecule has 1 amide bonds. The van der Waals surface area contributed by atoms with E-state index in [4.69, 9.17) is 9.15 Å². The summed E-state index contributed by atoms with van der Waals surface area (Å²) in [6.07, 6.45) is 3.17. The van der Waals surface area contributed by atoms with Crippen molar-refractivity contribution in [2.75, 3.05) is 12.4 Å². The minimum absolute atomic E-state index is 0.285. The quantitative estimate of drug-likeness (QED) is 0.590. The molecule has 0 fully saturated rings. The fourth-order valence-electron chi connectivity index (χ4n) is 2.14. The standard InChI is InChI=1S/C16H11N3O3S2/c1-21-10-2-3-11-13(6-10)24-16(18-11)19-14(20)12-8-23-15(17-12)9-4-5-22-7-9/h2-8H,1H3,(H,18,19,20). The zero-order valence-corrected chi connectivity index (χ0v) is 14.1. The van der Waals surface area contributed by atoms with Gasteiger partial charge in [0.25, 0.3) is 5.91 Å². The summed E-state index contributed by atoms with van der Waals surface area (Å²) in [6, 6.07) is 7.40. The number of rotatable bonds is 4. The lowest BCUT2D eigenvalue weighted by atomic mass is 10.3. The molecule has 0 aliphatic carbocycles. The molecule has 3 heterocycles. The van der Waals surface area contributed by atoms with Crippen LogP contribution >= 0.6 is 22.7 Å². The van der Waals surface area contributed by atoms with Crippen molar-refractivity contribution in [1.29, 1.82) is 0 Å². The van der Waals surface area contributed by atoms with E-state index < -0.39 is 0 Å². The first-order valence-electron chi connectivity index (χ1n) is 6.97. The van der Waals surface area contributed by atoms with Gasteiger partial charge in [-0.2, -0.15) is 0 Å². The van der Waals surface area contributed by atoms with Gasteiger partial charge in [-0.25, -0.2) is 9.97 Å². The minimum atomic E-state index is -0.285. The van der Waals surface area contributed by atoms with Crippen molar-refractivity contribution in [3.63, 3.8) is 0 Å². The van der Waals surface area contributed by atoms with Crippen LogP contribution < -0.4 is 10.1 Å². The van der Waals surface area contributed by atoms with Gasteiger partial charge in [0.1, 0.15) is 22.7 Å². The van der Waals surface area contributed by atoms with Gasteiger partial charge in [0, 0.05) is 10.9 Å². The molecule has 4 aromatic rings. The Balaban J connectivity index is 1.55. The molecular weight excluding hydrogens is 346 g/mol. The molecule has 0 unspecified atom stereocenters. The number of carbonyl (C=O) groups is 1. The van der Waals surface area contributed by atoms with Crippen LogP contribution in [0.5, 0.6) is 5.75 Å². The highest BCUT2D eigenvalue weighted by atomic mass is 32.1. The van der Waals surface area contributed by atoms with Crippen LogP contribution in [0.15, 0.2) is 46.6 Å².